The Bertz CT molecular complexity index is 1010. The van der Waals surface area contributed by atoms with Gasteiger partial charge in [-0.15, -0.1) is 5.10 Å². The summed E-state index contributed by atoms with van der Waals surface area (Å²) in [6, 6.07) is 7.09. The highest BCUT2D eigenvalue weighted by atomic mass is 32.1. The summed E-state index contributed by atoms with van der Waals surface area (Å²) in [6.07, 6.45) is -0.620. The molecular formula is C19H17F3N4OS. The number of hydrogen-bond acceptors (Lipinski definition) is 4. The molecule has 1 aliphatic carbocycles. The summed E-state index contributed by atoms with van der Waals surface area (Å²) in [7, 11) is 0. The minimum Gasteiger partial charge on any atom is -0.344 e. The van der Waals surface area contributed by atoms with E-state index in [9.17, 15) is 18.0 Å². The Kier molecular flexibility index (Phi) is 4.70. The first-order chi connectivity index (χ1) is 13.3. The second-order valence-electron chi connectivity index (χ2n) is 6.77. The summed E-state index contributed by atoms with van der Waals surface area (Å²) in [6.45, 7) is 1.87. The van der Waals surface area contributed by atoms with Gasteiger partial charge in [0.15, 0.2) is 0 Å². The van der Waals surface area contributed by atoms with E-state index in [2.05, 4.69) is 14.9 Å². The number of nitrogens with one attached hydrogen (secondary N) is 1. The molecule has 3 aromatic rings. The molecule has 1 N–H and O–H groups in total. The molecule has 0 spiro atoms. The molecule has 9 heteroatoms. The lowest BCUT2D eigenvalue weighted by atomic mass is 9.92. The van der Waals surface area contributed by atoms with Gasteiger partial charge in [0.1, 0.15) is 4.88 Å². The van der Waals surface area contributed by atoms with Crippen molar-refractivity contribution in [3.05, 3.63) is 63.9 Å². The number of alkyl halides is 3. The number of halogens is 3. The third-order valence-electron chi connectivity index (χ3n) is 4.92. The Morgan fingerprint density at radius 2 is 2.14 bits per heavy atom. The maximum absolute atomic E-state index is 13.1. The molecule has 2 heterocycles. The third kappa shape index (κ3) is 3.42. The molecule has 146 valence electrons. The molecule has 0 saturated heterocycles. The van der Waals surface area contributed by atoms with Gasteiger partial charge in [-0.25, -0.2) is 0 Å². The zero-order valence-corrected chi connectivity index (χ0v) is 15.8. The van der Waals surface area contributed by atoms with E-state index in [1.807, 2.05) is 17.6 Å². The van der Waals surface area contributed by atoms with Crippen LogP contribution >= 0.6 is 11.5 Å². The first kappa shape index (κ1) is 18.7. The van der Waals surface area contributed by atoms with Gasteiger partial charge in [-0.1, -0.05) is 10.6 Å². The van der Waals surface area contributed by atoms with Gasteiger partial charge in [0.2, 0.25) is 0 Å². The van der Waals surface area contributed by atoms with Crippen molar-refractivity contribution in [3.8, 4) is 5.69 Å². The zero-order valence-electron chi connectivity index (χ0n) is 15.0. The number of aryl methyl sites for hydroxylation is 1. The summed E-state index contributed by atoms with van der Waals surface area (Å²) < 4.78 is 44.9. The topological polar surface area (TPSA) is 59.8 Å². The van der Waals surface area contributed by atoms with Gasteiger partial charge in [0.05, 0.1) is 17.8 Å². The molecule has 0 fully saturated rings. The van der Waals surface area contributed by atoms with Crippen molar-refractivity contribution < 1.29 is 18.0 Å². The van der Waals surface area contributed by atoms with Crippen molar-refractivity contribution in [1.29, 1.82) is 0 Å². The molecule has 0 radical (unpaired) electrons. The molecule has 1 amide bonds. The summed E-state index contributed by atoms with van der Waals surface area (Å²) in [5.41, 5.74) is 2.53. The van der Waals surface area contributed by atoms with E-state index in [0.29, 0.717) is 10.6 Å². The molecule has 5 nitrogen and oxygen atoms in total. The molecule has 1 aliphatic rings. The number of hydrogen-bond donors (Lipinski definition) is 1. The summed E-state index contributed by atoms with van der Waals surface area (Å²) >= 11 is 1.03. The molecule has 0 aliphatic heterocycles. The second kappa shape index (κ2) is 7.05. The fraction of sp³-hybridized carbons (Fsp3) is 0.316. The van der Waals surface area contributed by atoms with Crippen LogP contribution in [0.1, 0.15) is 51.1 Å². The molecule has 2 aromatic heterocycles. The number of fused-ring (bicyclic) bond motifs is 1. The van der Waals surface area contributed by atoms with Crippen molar-refractivity contribution >= 4 is 17.4 Å². The SMILES string of the molecule is Cc1cc2c(n1-c1cccc(C(F)(F)F)c1)CCC[C@@H]2NC(=O)c1cnns1. The van der Waals surface area contributed by atoms with Gasteiger partial charge in [-0.3, -0.25) is 4.79 Å². The number of aromatic nitrogens is 3. The standard InChI is InChI=1S/C19H17F3N4OS/c1-11-8-14-15(24-18(27)17-10-23-25-28-17)6-3-7-16(14)26(11)13-5-2-4-12(9-13)19(20,21)22/h2,4-5,8-10,15H,3,6-7H2,1H3,(H,24,27)/t15-/m0/s1. The van der Waals surface area contributed by atoms with Crippen LogP contribution in [0.4, 0.5) is 13.2 Å². The summed E-state index contributed by atoms with van der Waals surface area (Å²) in [5.74, 6) is -0.239. The van der Waals surface area contributed by atoms with Crippen LogP contribution in [0, 0.1) is 6.92 Å². The zero-order chi connectivity index (χ0) is 19.9. The Balaban J connectivity index is 1.69. The Morgan fingerprint density at radius 1 is 1.32 bits per heavy atom. The molecular weight excluding hydrogens is 389 g/mol. The van der Waals surface area contributed by atoms with Crippen molar-refractivity contribution in [2.24, 2.45) is 0 Å². The van der Waals surface area contributed by atoms with E-state index in [-0.39, 0.29) is 11.9 Å². The minimum atomic E-state index is -4.39. The van der Waals surface area contributed by atoms with Gasteiger partial charge < -0.3 is 9.88 Å². The average Bonchev–Trinajstić information content (AvgIpc) is 3.29. The number of benzene rings is 1. The largest absolute Gasteiger partial charge is 0.416 e. The van der Waals surface area contributed by atoms with Crippen LogP contribution in [-0.2, 0) is 12.6 Å². The minimum absolute atomic E-state index is 0.191. The van der Waals surface area contributed by atoms with Gasteiger partial charge in [0, 0.05) is 17.1 Å². The highest BCUT2D eigenvalue weighted by Crippen LogP contribution is 2.36. The maximum Gasteiger partial charge on any atom is 0.416 e. The summed E-state index contributed by atoms with van der Waals surface area (Å²) in [4.78, 5) is 12.8. The molecule has 0 bridgehead atoms. The van der Waals surface area contributed by atoms with Crippen LogP contribution in [0.2, 0.25) is 0 Å². The van der Waals surface area contributed by atoms with E-state index in [1.165, 1.54) is 18.3 Å². The van der Waals surface area contributed by atoms with Crippen LogP contribution in [0.25, 0.3) is 5.69 Å². The molecule has 4 rings (SSSR count). The van der Waals surface area contributed by atoms with Crippen LogP contribution < -0.4 is 5.32 Å². The smallest absolute Gasteiger partial charge is 0.344 e. The molecule has 1 atom stereocenters. The highest BCUT2D eigenvalue weighted by Gasteiger charge is 2.32. The van der Waals surface area contributed by atoms with E-state index in [0.717, 1.165) is 53.8 Å². The fourth-order valence-corrected chi connectivity index (χ4v) is 4.15. The quantitative estimate of drug-likeness (QED) is 0.699. The van der Waals surface area contributed by atoms with Gasteiger partial charge in [0.25, 0.3) is 5.91 Å². The lowest BCUT2D eigenvalue weighted by Gasteiger charge is -2.25. The van der Waals surface area contributed by atoms with Crippen LogP contribution in [0.3, 0.4) is 0 Å². The lowest BCUT2D eigenvalue weighted by Crippen LogP contribution is -2.30. The van der Waals surface area contributed by atoms with Crippen molar-refractivity contribution in [1.82, 2.24) is 19.5 Å². The number of carbonyl (C=O) groups excluding carboxylic acids is 1. The summed E-state index contributed by atoms with van der Waals surface area (Å²) in [5, 5.41) is 6.68. The molecule has 1 aromatic carbocycles. The monoisotopic (exact) mass is 406 g/mol. The maximum atomic E-state index is 13.1. The van der Waals surface area contributed by atoms with Crippen LogP contribution in [0.5, 0.6) is 0 Å². The molecule has 0 saturated carbocycles. The Labute approximate surface area is 163 Å². The highest BCUT2D eigenvalue weighted by molar-refractivity contribution is 7.07. The first-order valence-electron chi connectivity index (χ1n) is 8.81. The second-order valence-corrected chi connectivity index (χ2v) is 7.56. The Morgan fingerprint density at radius 3 is 2.86 bits per heavy atom. The van der Waals surface area contributed by atoms with Gasteiger partial charge >= 0.3 is 6.18 Å². The first-order valence-corrected chi connectivity index (χ1v) is 9.59. The van der Waals surface area contributed by atoms with E-state index in [1.54, 1.807) is 6.07 Å². The predicted octanol–water partition coefficient (Wildman–Crippen LogP) is 4.46. The third-order valence-corrected chi connectivity index (χ3v) is 5.59. The number of nitrogens with zero attached hydrogens (tertiary/aromatic N) is 3. The molecule has 0 unspecified atom stereocenters. The average molecular weight is 406 g/mol. The van der Waals surface area contributed by atoms with Crippen molar-refractivity contribution in [2.75, 3.05) is 0 Å². The van der Waals surface area contributed by atoms with Crippen molar-refractivity contribution in [2.45, 2.75) is 38.4 Å². The fourth-order valence-electron chi connectivity index (χ4n) is 3.73. The Hall–Kier alpha value is -2.68. The van der Waals surface area contributed by atoms with Gasteiger partial charge in [-0.05, 0) is 67.5 Å². The molecule has 28 heavy (non-hydrogen) atoms. The predicted molar refractivity (Wildman–Crippen MR) is 98.6 cm³/mol. The lowest BCUT2D eigenvalue weighted by molar-refractivity contribution is -0.137. The number of rotatable bonds is 3. The van der Waals surface area contributed by atoms with Crippen LogP contribution in [-0.4, -0.2) is 20.1 Å². The normalized spacial score (nSPS) is 16.6. The van der Waals surface area contributed by atoms with Crippen molar-refractivity contribution in [3.63, 3.8) is 0 Å². The number of amides is 1. The van der Waals surface area contributed by atoms with Crippen LogP contribution in [0.15, 0.2) is 36.5 Å². The van der Waals surface area contributed by atoms with Gasteiger partial charge in [-0.2, -0.15) is 13.2 Å². The van der Waals surface area contributed by atoms with E-state index in [4.69, 9.17) is 0 Å². The van der Waals surface area contributed by atoms with E-state index >= 15 is 0 Å². The number of carbonyl (C=O) groups is 1. The van der Waals surface area contributed by atoms with E-state index < -0.39 is 11.7 Å².